The predicted octanol–water partition coefficient (Wildman–Crippen LogP) is 3.58. The molecule has 2 rings (SSSR count). The lowest BCUT2D eigenvalue weighted by Crippen LogP contribution is -2.21. The Morgan fingerprint density at radius 2 is 1.41 bits per heavy atom. The van der Waals surface area contributed by atoms with E-state index in [9.17, 15) is 0 Å². The summed E-state index contributed by atoms with van der Waals surface area (Å²) in [4.78, 5) is 11.1. The minimum absolute atomic E-state index is 0.653. The van der Waals surface area contributed by atoms with Crippen LogP contribution < -0.4 is 14.4 Å². The summed E-state index contributed by atoms with van der Waals surface area (Å²) >= 11 is 0. The molecule has 118 valence electrons. The summed E-state index contributed by atoms with van der Waals surface area (Å²) in [5.74, 6) is 2.16. The summed E-state index contributed by atoms with van der Waals surface area (Å²) < 4.78 is 11.1. The number of anilines is 2. The molecule has 1 heterocycles. The Morgan fingerprint density at radius 1 is 0.909 bits per heavy atom. The van der Waals surface area contributed by atoms with Gasteiger partial charge in [0.2, 0.25) is 5.95 Å². The highest BCUT2D eigenvalue weighted by Crippen LogP contribution is 2.41. The molecule has 0 radical (unpaired) electrons. The molecular formula is C17H23N3O2. The zero-order chi connectivity index (χ0) is 16.3. The maximum absolute atomic E-state index is 5.56. The van der Waals surface area contributed by atoms with Crippen molar-refractivity contribution >= 4 is 11.6 Å². The van der Waals surface area contributed by atoms with Crippen molar-refractivity contribution in [2.45, 2.75) is 27.7 Å². The van der Waals surface area contributed by atoms with Crippen LogP contribution in [0.4, 0.5) is 11.6 Å². The van der Waals surface area contributed by atoms with Gasteiger partial charge in [0.1, 0.15) is 17.2 Å². The molecule has 22 heavy (non-hydrogen) atoms. The van der Waals surface area contributed by atoms with Crippen LogP contribution in [-0.4, -0.2) is 30.7 Å². The van der Waals surface area contributed by atoms with Gasteiger partial charge in [0.25, 0.3) is 0 Å². The molecule has 2 aromatic rings. The maximum Gasteiger partial charge on any atom is 0.230 e. The summed E-state index contributed by atoms with van der Waals surface area (Å²) in [6, 6.07) is 5.94. The molecular weight excluding hydrogens is 278 g/mol. The van der Waals surface area contributed by atoms with Gasteiger partial charge in [-0.15, -0.1) is 0 Å². The molecule has 0 atom stereocenters. The average Bonchev–Trinajstić information content (AvgIpc) is 2.47. The number of methoxy groups -OCH3 is 2. The molecule has 0 spiro atoms. The van der Waals surface area contributed by atoms with Crippen LogP contribution in [0.1, 0.15) is 23.9 Å². The first-order chi connectivity index (χ1) is 10.5. The van der Waals surface area contributed by atoms with Crippen LogP contribution in [-0.2, 0) is 0 Å². The molecule has 0 bridgehead atoms. The largest absolute Gasteiger partial charge is 0.494 e. The van der Waals surface area contributed by atoms with E-state index in [1.807, 2.05) is 43.9 Å². The fourth-order valence-corrected chi connectivity index (χ4v) is 2.52. The van der Waals surface area contributed by atoms with E-state index in [0.717, 1.165) is 34.1 Å². The number of benzene rings is 1. The Balaban J connectivity index is 2.64. The smallest absolute Gasteiger partial charge is 0.230 e. The van der Waals surface area contributed by atoms with Gasteiger partial charge in [-0.25, -0.2) is 9.97 Å². The molecule has 0 aliphatic heterocycles. The summed E-state index contributed by atoms with van der Waals surface area (Å²) in [6.07, 6.45) is 0. The number of rotatable bonds is 5. The lowest BCUT2D eigenvalue weighted by atomic mass is 10.1. The fraction of sp³-hybridized carbons (Fsp3) is 0.412. The Morgan fingerprint density at radius 3 is 1.82 bits per heavy atom. The molecule has 0 saturated carbocycles. The van der Waals surface area contributed by atoms with Crippen molar-refractivity contribution in [3.05, 3.63) is 35.2 Å². The predicted molar refractivity (Wildman–Crippen MR) is 88.5 cm³/mol. The number of aromatic nitrogens is 2. The molecule has 5 nitrogen and oxygen atoms in total. The van der Waals surface area contributed by atoms with E-state index >= 15 is 0 Å². The third kappa shape index (κ3) is 3.13. The van der Waals surface area contributed by atoms with Crippen LogP contribution in [0.5, 0.6) is 11.5 Å². The minimum Gasteiger partial charge on any atom is -0.494 e. The summed E-state index contributed by atoms with van der Waals surface area (Å²) in [5.41, 5.74) is 3.80. The number of aryl methyl sites for hydroxylation is 3. The zero-order valence-electron chi connectivity index (χ0n) is 14.1. The fourth-order valence-electron chi connectivity index (χ4n) is 2.52. The molecule has 0 fully saturated rings. The van der Waals surface area contributed by atoms with E-state index in [4.69, 9.17) is 9.47 Å². The second kappa shape index (κ2) is 6.64. The highest BCUT2D eigenvalue weighted by molar-refractivity contribution is 5.73. The molecule has 0 unspecified atom stereocenters. The lowest BCUT2D eigenvalue weighted by molar-refractivity contribution is 0.394. The van der Waals surface area contributed by atoms with Gasteiger partial charge in [0.05, 0.1) is 14.2 Å². The minimum atomic E-state index is 0.653. The molecule has 0 saturated heterocycles. The first-order valence-electron chi connectivity index (χ1n) is 7.32. The van der Waals surface area contributed by atoms with Gasteiger partial charge < -0.3 is 14.4 Å². The van der Waals surface area contributed by atoms with E-state index < -0.39 is 0 Å². The van der Waals surface area contributed by atoms with Crippen molar-refractivity contribution in [3.63, 3.8) is 0 Å². The third-order valence-corrected chi connectivity index (χ3v) is 3.42. The van der Waals surface area contributed by atoms with E-state index in [1.54, 1.807) is 14.2 Å². The van der Waals surface area contributed by atoms with Crippen molar-refractivity contribution in [2.75, 3.05) is 25.7 Å². The van der Waals surface area contributed by atoms with Crippen molar-refractivity contribution in [2.24, 2.45) is 0 Å². The zero-order valence-corrected chi connectivity index (χ0v) is 14.1. The van der Waals surface area contributed by atoms with E-state index in [0.29, 0.717) is 12.5 Å². The highest BCUT2D eigenvalue weighted by Gasteiger charge is 2.21. The molecule has 5 heteroatoms. The standard InChI is InChI=1S/C17H23N3O2/c1-7-20(17-18-12(3)10-13(4)19-17)16-14(21-5)8-11(2)9-15(16)22-6/h8-10H,7H2,1-6H3. The van der Waals surface area contributed by atoms with Gasteiger partial charge in [0, 0.05) is 17.9 Å². The SMILES string of the molecule is CCN(c1nc(C)cc(C)n1)c1c(OC)cc(C)cc1OC. The molecule has 0 amide bonds. The number of ether oxygens (including phenoxy) is 2. The molecule has 0 N–H and O–H groups in total. The topological polar surface area (TPSA) is 47.5 Å². The number of hydrogen-bond donors (Lipinski definition) is 0. The molecule has 0 aliphatic carbocycles. The lowest BCUT2D eigenvalue weighted by Gasteiger charge is -2.26. The van der Waals surface area contributed by atoms with E-state index in [1.165, 1.54) is 0 Å². The first-order valence-corrected chi connectivity index (χ1v) is 7.32. The van der Waals surface area contributed by atoms with Crippen molar-refractivity contribution in [3.8, 4) is 11.5 Å². The quantitative estimate of drug-likeness (QED) is 0.845. The Hall–Kier alpha value is -2.30. The Bertz CT molecular complexity index is 626. The van der Waals surface area contributed by atoms with Gasteiger partial charge in [-0.3, -0.25) is 0 Å². The molecule has 1 aromatic carbocycles. The summed E-state index contributed by atoms with van der Waals surface area (Å²) in [5, 5.41) is 0. The van der Waals surface area contributed by atoms with Crippen LogP contribution in [0, 0.1) is 20.8 Å². The highest BCUT2D eigenvalue weighted by atomic mass is 16.5. The van der Waals surface area contributed by atoms with Crippen LogP contribution >= 0.6 is 0 Å². The van der Waals surface area contributed by atoms with Crippen molar-refractivity contribution < 1.29 is 9.47 Å². The van der Waals surface area contributed by atoms with Crippen LogP contribution in [0.2, 0.25) is 0 Å². The first kappa shape index (κ1) is 16.1. The summed E-state index contributed by atoms with van der Waals surface area (Å²) in [6.45, 7) is 8.71. The van der Waals surface area contributed by atoms with E-state index in [-0.39, 0.29) is 0 Å². The van der Waals surface area contributed by atoms with Gasteiger partial charge in [-0.2, -0.15) is 0 Å². The molecule has 0 aliphatic rings. The second-order valence-corrected chi connectivity index (χ2v) is 5.21. The van der Waals surface area contributed by atoms with Gasteiger partial charge >= 0.3 is 0 Å². The number of nitrogens with zero attached hydrogens (tertiary/aromatic N) is 3. The monoisotopic (exact) mass is 301 g/mol. The van der Waals surface area contributed by atoms with Crippen molar-refractivity contribution in [1.82, 2.24) is 9.97 Å². The number of hydrogen-bond acceptors (Lipinski definition) is 5. The Kier molecular flexibility index (Phi) is 4.85. The van der Waals surface area contributed by atoms with Crippen LogP contribution in [0.25, 0.3) is 0 Å². The van der Waals surface area contributed by atoms with Crippen LogP contribution in [0.3, 0.4) is 0 Å². The third-order valence-electron chi connectivity index (χ3n) is 3.42. The second-order valence-electron chi connectivity index (χ2n) is 5.21. The van der Waals surface area contributed by atoms with Crippen LogP contribution in [0.15, 0.2) is 18.2 Å². The van der Waals surface area contributed by atoms with Gasteiger partial charge in [-0.1, -0.05) is 0 Å². The Labute approximate surface area is 131 Å². The van der Waals surface area contributed by atoms with Gasteiger partial charge in [-0.05, 0) is 51.5 Å². The van der Waals surface area contributed by atoms with Gasteiger partial charge in [0.15, 0.2) is 0 Å². The van der Waals surface area contributed by atoms with E-state index in [2.05, 4.69) is 16.9 Å². The maximum atomic E-state index is 5.56. The summed E-state index contributed by atoms with van der Waals surface area (Å²) in [7, 11) is 3.32. The normalized spacial score (nSPS) is 10.5. The van der Waals surface area contributed by atoms with Crippen molar-refractivity contribution in [1.29, 1.82) is 0 Å². The molecule has 1 aromatic heterocycles. The average molecular weight is 301 g/mol.